The predicted octanol–water partition coefficient (Wildman–Crippen LogP) is 3.03. The van der Waals surface area contributed by atoms with Crippen LogP contribution in [0.5, 0.6) is 0 Å². The molecule has 0 fully saturated rings. The third-order valence-corrected chi connectivity index (χ3v) is 2.88. The fourth-order valence-electron chi connectivity index (χ4n) is 1.95. The highest BCUT2D eigenvalue weighted by atomic mass is 16.5. The SMILES string of the molecule is COC(=O)c1cc(N)ccc1-c1ccccc1C. The quantitative estimate of drug-likeness (QED) is 0.649. The van der Waals surface area contributed by atoms with E-state index in [4.69, 9.17) is 10.5 Å². The van der Waals surface area contributed by atoms with Gasteiger partial charge in [-0.3, -0.25) is 0 Å². The van der Waals surface area contributed by atoms with E-state index in [1.54, 1.807) is 12.1 Å². The van der Waals surface area contributed by atoms with E-state index in [9.17, 15) is 4.79 Å². The average molecular weight is 241 g/mol. The highest BCUT2D eigenvalue weighted by Crippen LogP contribution is 2.28. The van der Waals surface area contributed by atoms with Crippen LogP contribution in [-0.4, -0.2) is 13.1 Å². The van der Waals surface area contributed by atoms with Gasteiger partial charge in [-0.25, -0.2) is 4.79 Å². The van der Waals surface area contributed by atoms with E-state index >= 15 is 0 Å². The number of rotatable bonds is 2. The Bertz CT molecular complexity index is 591. The van der Waals surface area contributed by atoms with Crippen molar-refractivity contribution in [1.29, 1.82) is 0 Å². The van der Waals surface area contributed by atoms with Crippen LogP contribution >= 0.6 is 0 Å². The number of hydrogen-bond acceptors (Lipinski definition) is 3. The molecule has 2 aromatic carbocycles. The summed E-state index contributed by atoms with van der Waals surface area (Å²) in [6.07, 6.45) is 0. The number of benzene rings is 2. The van der Waals surface area contributed by atoms with Crippen LogP contribution in [-0.2, 0) is 4.74 Å². The lowest BCUT2D eigenvalue weighted by atomic mass is 9.95. The van der Waals surface area contributed by atoms with Crippen molar-refractivity contribution < 1.29 is 9.53 Å². The Morgan fingerprint density at radius 2 is 1.83 bits per heavy atom. The number of carbonyl (C=O) groups is 1. The van der Waals surface area contributed by atoms with Gasteiger partial charge >= 0.3 is 5.97 Å². The number of carbonyl (C=O) groups excluding carboxylic acids is 1. The van der Waals surface area contributed by atoms with E-state index in [1.165, 1.54) is 7.11 Å². The maximum absolute atomic E-state index is 11.8. The molecule has 0 bridgehead atoms. The highest BCUT2D eigenvalue weighted by Gasteiger charge is 2.14. The van der Waals surface area contributed by atoms with Gasteiger partial charge in [-0.1, -0.05) is 30.3 Å². The molecule has 2 N–H and O–H groups in total. The number of nitrogen functional groups attached to an aromatic ring is 1. The van der Waals surface area contributed by atoms with Crippen LogP contribution in [0.1, 0.15) is 15.9 Å². The molecule has 0 saturated carbocycles. The summed E-state index contributed by atoms with van der Waals surface area (Å²) in [5.74, 6) is -0.374. The summed E-state index contributed by atoms with van der Waals surface area (Å²) < 4.78 is 4.80. The zero-order valence-electron chi connectivity index (χ0n) is 10.4. The summed E-state index contributed by atoms with van der Waals surface area (Å²) in [6.45, 7) is 2.01. The van der Waals surface area contributed by atoms with Gasteiger partial charge < -0.3 is 10.5 Å². The summed E-state index contributed by atoms with van der Waals surface area (Å²) in [5.41, 5.74) is 9.73. The lowest BCUT2D eigenvalue weighted by Gasteiger charge is -2.11. The highest BCUT2D eigenvalue weighted by molar-refractivity contribution is 5.98. The lowest BCUT2D eigenvalue weighted by molar-refractivity contribution is 0.0601. The van der Waals surface area contributed by atoms with E-state index in [0.29, 0.717) is 11.3 Å². The number of nitrogens with two attached hydrogens (primary N) is 1. The van der Waals surface area contributed by atoms with Crippen LogP contribution in [0.4, 0.5) is 5.69 Å². The van der Waals surface area contributed by atoms with Gasteiger partial charge in [-0.05, 0) is 35.7 Å². The second kappa shape index (κ2) is 4.92. The molecule has 0 heterocycles. The molecular formula is C15H15NO2. The van der Waals surface area contributed by atoms with Gasteiger partial charge in [0, 0.05) is 5.69 Å². The van der Waals surface area contributed by atoms with Gasteiger partial charge in [0.15, 0.2) is 0 Å². The Morgan fingerprint density at radius 3 is 2.50 bits per heavy atom. The molecule has 0 saturated heterocycles. The van der Waals surface area contributed by atoms with Crippen molar-refractivity contribution in [2.24, 2.45) is 0 Å². The average Bonchev–Trinajstić information content (AvgIpc) is 2.39. The minimum absolute atomic E-state index is 0.374. The standard InChI is InChI=1S/C15H15NO2/c1-10-5-3-4-6-12(10)13-8-7-11(16)9-14(13)15(17)18-2/h3-9H,16H2,1-2H3. The van der Waals surface area contributed by atoms with Crippen LogP contribution < -0.4 is 5.73 Å². The van der Waals surface area contributed by atoms with Crippen molar-refractivity contribution in [3.05, 3.63) is 53.6 Å². The molecule has 18 heavy (non-hydrogen) atoms. The summed E-state index contributed by atoms with van der Waals surface area (Å²) in [7, 11) is 1.37. The molecule has 0 aromatic heterocycles. The molecule has 0 aliphatic heterocycles. The molecule has 0 unspecified atom stereocenters. The van der Waals surface area contributed by atoms with E-state index in [0.717, 1.165) is 16.7 Å². The van der Waals surface area contributed by atoms with E-state index in [1.807, 2.05) is 37.3 Å². The minimum Gasteiger partial charge on any atom is -0.465 e. The summed E-state index contributed by atoms with van der Waals surface area (Å²) in [5, 5.41) is 0. The number of esters is 1. The molecule has 3 nitrogen and oxygen atoms in total. The van der Waals surface area contributed by atoms with Gasteiger partial charge in [0.25, 0.3) is 0 Å². The molecule has 92 valence electrons. The van der Waals surface area contributed by atoms with Crippen molar-refractivity contribution >= 4 is 11.7 Å². The fourth-order valence-corrected chi connectivity index (χ4v) is 1.95. The van der Waals surface area contributed by atoms with Crippen LogP contribution in [0.3, 0.4) is 0 Å². The van der Waals surface area contributed by atoms with Crippen LogP contribution in [0.25, 0.3) is 11.1 Å². The number of aryl methyl sites for hydroxylation is 1. The maximum Gasteiger partial charge on any atom is 0.338 e. The van der Waals surface area contributed by atoms with Crippen molar-refractivity contribution in [2.75, 3.05) is 12.8 Å². The Balaban J connectivity index is 2.64. The number of hydrogen-bond donors (Lipinski definition) is 1. The van der Waals surface area contributed by atoms with Crippen molar-refractivity contribution in [3.8, 4) is 11.1 Å². The van der Waals surface area contributed by atoms with E-state index in [2.05, 4.69) is 0 Å². The largest absolute Gasteiger partial charge is 0.465 e. The number of anilines is 1. The molecule has 0 spiro atoms. The zero-order valence-corrected chi connectivity index (χ0v) is 10.4. The first kappa shape index (κ1) is 12.2. The summed E-state index contributed by atoms with van der Waals surface area (Å²) in [6, 6.07) is 13.2. The predicted molar refractivity (Wildman–Crippen MR) is 72.4 cm³/mol. The first-order valence-electron chi connectivity index (χ1n) is 5.67. The van der Waals surface area contributed by atoms with E-state index in [-0.39, 0.29) is 5.97 Å². The Morgan fingerprint density at radius 1 is 1.11 bits per heavy atom. The van der Waals surface area contributed by atoms with Crippen LogP contribution in [0, 0.1) is 6.92 Å². The molecule has 0 aliphatic rings. The van der Waals surface area contributed by atoms with Crippen LogP contribution in [0.15, 0.2) is 42.5 Å². The lowest BCUT2D eigenvalue weighted by Crippen LogP contribution is -2.05. The van der Waals surface area contributed by atoms with Gasteiger partial charge in [0.2, 0.25) is 0 Å². The number of methoxy groups -OCH3 is 1. The Kier molecular flexibility index (Phi) is 3.33. The Labute approximate surface area is 106 Å². The third-order valence-electron chi connectivity index (χ3n) is 2.88. The second-order valence-corrected chi connectivity index (χ2v) is 4.11. The van der Waals surface area contributed by atoms with Crippen LogP contribution in [0.2, 0.25) is 0 Å². The van der Waals surface area contributed by atoms with E-state index < -0.39 is 0 Å². The van der Waals surface area contributed by atoms with Crippen molar-refractivity contribution in [2.45, 2.75) is 6.92 Å². The molecule has 3 heteroatoms. The summed E-state index contributed by atoms with van der Waals surface area (Å²) in [4.78, 5) is 11.8. The normalized spacial score (nSPS) is 10.1. The fraction of sp³-hybridized carbons (Fsp3) is 0.133. The second-order valence-electron chi connectivity index (χ2n) is 4.11. The maximum atomic E-state index is 11.8. The molecule has 0 radical (unpaired) electrons. The summed E-state index contributed by atoms with van der Waals surface area (Å²) >= 11 is 0. The first-order valence-corrected chi connectivity index (χ1v) is 5.67. The zero-order chi connectivity index (χ0) is 13.1. The Hall–Kier alpha value is -2.29. The molecule has 0 amide bonds. The minimum atomic E-state index is -0.374. The molecule has 0 atom stereocenters. The molecular weight excluding hydrogens is 226 g/mol. The van der Waals surface area contributed by atoms with Crippen molar-refractivity contribution in [3.63, 3.8) is 0 Å². The topological polar surface area (TPSA) is 52.3 Å². The van der Waals surface area contributed by atoms with Gasteiger partial charge in [0.05, 0.1) is 12.7 Å². The number of ether oxygens (including phenoxy) is 1. The first-order chi connectivity index (χ1) is 8.63. The van der Waals surface area contributed by atoms with Crippen molar-refractivity contribution in [1.82, 2.24) is 0 Å². The van der Waals surface area contributed by atoms with Gasteiger partial charge in [-0.15, -0.1) is 0 Å². The molecule has 2 rings (SSSR count). The third kappa shape index (κ3) is 2.20. The van der Waals surface area contributed by atoms with Gasteiger partial charge in [-0.2, -0.15) is 0 Å². The molecule has 0 aliphatic carbocycles. The smallest absolute Gasteiger partial charge is 0.338 e. The molecule has 2 aromatic rings. The van der Waals surface area contributed by atoms with Gasteiger partial charge in [0.1, 0.15) is 0 Å². The monoisotopic (exact) mass is 241 g/mol.